The monoisotopic (exact) mass is 966 g/mol. The van der Waals surface area contributed by atoms with Gasteiger partial charge < -0.3 is 9.13 Å². The minimum Gasteiger partial charge on any atom is -0.308 e. The van der Waals surface area contributed by atoms with Crippen LogP contribution in [0.25, 0.3) is 133 Å². The van der Waals surface area contributed by atoms with Crippen LogP contribution in [0, 0.1) is 11.3 Å². The van der Waals surface area contributed by atoms with Gasteiger partial charge in [-0.1, -0.05) is 231 Å². The van der Waals surface area contributed by atoms with Crippen LogP contribution in [0.2, 0.25) is 0 Å². The molecule has 0 aliphatic heterocycles. The van der Waals surface area contributed by atoms with Crippen molar-refractivity contribution >= 4 is 43.6 Å². The average Bonchev–Trinajstić information content (AvgIpc) is 4.02. The predicted molar refractivity (Wildman–Crippen MR) is 316 cm³/mol. The van der Waals surface area contributed by atoms with Crippen molar-refractivity contribution < 1.29 is 0 Å². The lowest BCUT2D eigenvalue weighted by Gasteiger charge is -2.19. The Morgan fingerprint density at radius 1 is 0.276 bits per heavy atom. The number of para-hydroxylation sites is 2. The summed E-state index contributed by atoms with van der Waals surface area (Å²) in [5.74, 6) is 0. The molecule has 0 saturated carbocycles. The Morgan fingerprint density at radius 3 is 1.26 bits per heavy atom. The number of nitriles is 1. The van der Waals surface area contributed by atoms with E-state index in [0.717, 1.165) is 133 Å². The number of hydrogen-bond donors (Lipinski definition) is 0. The van der Waals surface area contributed by atoms with E-state index in [1.54, 1.807) is 0 Å². The predicted octanol–water partition coefficient (Wildman–Crippen LogP) is 18.8. The van der Waals surface area contributed by atoms with Gasteiger partial charge in [0.15, 0.2) is 0 Å². The molecule has 0 unspecified atom stereocenters. The Kier molecular flexibility index (Phi) is 10.9. The number of fused-ring (bicyclic) bond motifs is 6. The molecule has 3 aromatic heterocycles. The van der Waals surface area contributed by atoms with Crippen LogP contribution in [0.4, 0.5) is 0 Å². The summed E-state index contributed by atoms with van der Waals surface area (Å²) in [5.41, 5.74) is 21.0. The molecule has 0 saturated heterocycles. The molecule has 3 heterocycles. The highest BCUT2D eigenvalue weighted by Gasteiger charge is 2.25. The summed E-state index contributed by atoms with van der Waals surface area (Å²) >= 11 is 0. The molecule has 11 aromatic carbocycles. The maximum Gasteiger partial charge on any atom is 0.104 e. The summed E-state index contributed by atoms with van der Waals surface area (Å²) in [6.07, 6.45) is 0. The van der Waals surface area contributed by atoms with Gasteiger partial charge in [-0.05, 0) is 104 Å². The molecule has 0 amide bonds. The summed E-state index contributed by atoms with van der Waals surface area (Å²) in [5, 5.41) is 16.5. The molecule has 0 atom stereocenters. The first-order valence-electron chi connectivity index (χ1n) is 25.8. The fourth-order valence-electron chi connectivity index (χ4n) is 11.5. The third kappa shape index (κ3) is 7.49. The van der Waals surface area contributed by atoms with Crippen molar-refractivity contribution in [1.82, 2.24) is 14.1 Å². The van der Waals surface area contributed by atoms with Crippen molar-refractivity contribution in [3.63, 3.8) is 0 Å². The van der Waals surface area contributed by atoms with E-state index in [1.165, 1.54) is 0 Å². The van der Waals surface area contributed by atoms with Gasteiger partial charge in [-0.15, -0.1) is 0 Å². The van der Waals surface area contributed by atoms with Crippen LogP contribution < -0.4 is 0 Å². The number of aromatic nitrogens is 3. The van der Waals surface area contributed by atoms with Crippen molar-refractivity contribution in [1.29, 1.82) is 5.26 Å². The van der Waals surface area contributed by atoms with Crippen LogP contribution in [0.3, 0.4) is 0 Å². The first-order valence-corrected chi connectivity index (χ1v) is 25.8. The summed E-state index contributed by atoms with van der Waals surface area (Å²) < 4.78 is 4.66. The topological polar surface area (TPSA) is 46.5 Å². The van der Waals surface area contributed by atoms with Gasteiger partial charge in [-0.2, -0.15) is 5.26 Å². The Labute approximate surface area is 440 Å². The van der Waals surface area contributed by atoms with Gasteiger partial charge in [0.05, 0.1) is 44.8 Å². The van der Waals surface area contributed by atoms with E-state index in [9.17, 15) is 5.26 Å². The van der Waals surface area contributed by atoms with Crippen LogP contribution >= 0.6 is 0 Å². The lowest BCUT2D eigenvalue weighted by molar-refractivity contribution is 1.12. The molecule has 76 heavy (non-hydrogen) atoms. The standard InChI is InChI=1S/C72H46N4/c73-47-63-70(75-67-38-20-18-35-62(67)72-61(36-21-39-68(72)75)58-33-16-15-31-56(58)49-24-7-2-8-25-49)45-54(53-42-64(50-26-9-3-10-27-50)74-65(43-53)51-28-11-4-12-29-51)46-71(63)76-66-37-19-17-34-59(66)60-41-40-52(44-69(60)76)57-32-14-13-30-55(57)48-22-5-1-6-23-48/h1-46H. The van der Waals surface area contributed by atoms with Crippen LogP contribution in [0.5, 0.6) is 0 Å². The van der Waals surface area contributed by atoms with Crippen LogP contribution in [0.1, 0.15) is 5.56 Å². The second kappa shape index (κ2) is 18.6. The van der Waals surface area contributed by atoms with Crippen molar-refractivity contribution in [2.45, 2.75) is 0 Å². The minimum atomic E-state index is 0.555. The van der Waals surface area contributed by atoms with Crippen molar-refractivity contribution in [2.75, 3.05) is 0 Å². The van der Waals surface area contributed by atoms with Gasteiger partial charge in [0, 0.05) is 32.7 Å². The second-order valence-electron chi connectivity index (χ2n) is 19.3. The molecule has 14 rings (SSSR count). The Morgan fingerprint density at radius 2 is 0.684 bits per heavy atom. The van der Waals surface area contributed by atoms with Crippen LogP contribution in [-0.4, -0.2) is 14.1 Å². The third-order valence-electron chi connectivity index (χ3n) is 15.0. The number of benzene rings is 11. The highest BCUT2D eigenvalue weighted by Crippen LogP contribution is 2.45. The maximum absolute atomic E-state index is 12.0. The number of nitrogens with zero attached hydrogens (tertiary/aromatic N) is 4. The fourth-order valence-corrected chi connectivity index (χ4v) is 11.5. The van der Waals surface area contributed by atoms with Gasteiger partial charge in [0.25, 0.3) is 0 Å². The van der Waals surface area contributed by atoms with Gasteiger partial charge >= 0.3 is 0 Å². The van der Waals surface area contributed by atoms with Crippen molar-refractivity contribution in [3.8, 4) is 95.6 Å². The van der Waals surface area contributed by atoms with E-state index in [1.807, 2.05) is 12.1 Å². The Bertz CT molecular complexity index is 4480. The first kappa shape index (κ1) is 44.4. The molecule has 4 nitrogen and oxygen atoms in total. The number of hydrogen-bond acceptors (Lipinski definition) is 2. The second-order valence-corrected chi connectivity index (χ2v) is 19.3. The fraction of sp³-hybridized carbons (Fsp3) is 0. The van der Waals surface area contributed by atoms with E-state index >= 15 is 0 Å². The Hall–Kier alpha value is -10.3. The molecule has 354 valence electrons. The molecule has 0 fully saturated rings. The summed E-state index contributed by atoms with van der Waals surface area (Å²) in [6.45, 7) is 0. The molecule has 0 radical (unpaired) electrons. The maximum atomic E-state index is 12.0. The van der Waals surface area contributed by atoms with E-state index in [2.05, 4.69) is 282 Å². The van der Waals surface area contributed by atoms with E-state index in [0.29, 0.717) is 5.56 Å². The normalized spacial score (nSPS) is 11.4. The molecular formula is C72H46N4. The lowest BCUT2D eigenvalue weighted by atomic mass is 9.92. The highest BCUT2D eigenvalue weighted by atomic mass is 15.0. The molecule has 14 aromatic rings. The average molecular weight is 967 g/mol. The summed E-state index contributed by atoms with van der Waals surface area (Å²) in [6, 6.07) is 102. The van der Waals surface area contributed by atoms with Crippen LogP contribution in [-0.2, 0) is 0 Å². The zero-order chi connectivity index (χ0) is 50.5. The third-order valence-corrected chi connectivity index (χ3v) is 15.0. The quantitative estimate of drug-likeness (QED) is 0.145. The summed E-state index contributed by atoms with van der Waals surface area (Å²) in [7, 11) is 0. The Balaban J connectivity index is 1.10. The van der Waals surface area contributed by atoms with Crippen molar-refractivity contribution in [2.24, 2.45) is 0 Å². The van der Waals surface area contributed by atoms with Gasteiger partial charge in [0.1, 0.15) is 11.6 Å². The lowest BCUT2D eigenvalue weighted by Crippen LogP contribution is -2.05. The largest absolute Gasteiger partial charge is 0.308 e. The summed E-state index contributed by atoms with van der Waals surface area (Å²) in [4.78, 5) is 5.31. The van der Waals surface area contributed by atoms with E-state index in [4.69, 9.17) is 4.98 Å². The smallest absolute Gasteiger partial charge is 0.104 e. The molecular weight excluding hydrogens is 921 g/mol. The van der Waals surface area contributed by atoms with Gasteiger partial charge in [0.2, 0.25) is 0 Å². The van der Waals surface area contributed by atoms with Crippen LogP contribution in [0.15, 0.2) is 279 Å². The van der Waals surface area contributed by atoms with E-state index < -0.39 is 0 Å². The molecule has 0 aliphatic rings. The van der Waals surface area contributed by atoms with Gasteiger partial charge in [-0.25, -0.2) is 4.98 Å². The molecule has 4 heteroatoms. The molecule has 0 bridgehead atoms. The zero-order valence-electron chi connectivity index (χ0n) is 41.3. The minimum absolute atomic E-state index is 0.555. The number of pyridine rings is 1. The molecule has 0 N–H and O–H groups in total. The molecule has 0 aliphatic carbocycles. The zero-order valence-corrected chi connectivity index (χ0v) is 41.3. The SMILES string of the molecule is N#Cc1c(-n2c3ccccc3c3ccc(-c4ccccc4-c4ccccc4)cc32)cc(-c2cc(-c3ccccc3)nc(-c3ccccc3)c2)cc1-n1c2ccccc2c2c(-c3ccccc3-c3ccccc3)cccc21. The first-order chi connectivity index (χ1) is 37.7. The molecule has 0 spiro atoms. The van der Waals surface area contributed by atoms with Crippen molar-refractivity contribution in [3.05, 3.63) is 285 Å². The highest BCUT2D eigenvalue weighted by molar-refractivity contribution is 6.17. The van der Waals surface area contributed by atoms with E-state index in [-0.39, 0.29) is 0 Å². The number of rotatable bonds is 9. The van der Waals surface area contributed by atoms with Gasteiger partial charge in [-0.3, -0.25) is 0 Å².